The van der Waals surface area contributed by atoms with E-state index in [-0.39, 0.29) is 17.9 Å². The van der Waals surface area contributed by atoms with Gasteiger partial charge in [0.2, 0.25) is 5.91 Å². The molecule has 0 atom stereocenters. The molecule has 0 unspecified atom stereocenters. The zero-order chi connectivity index (χ0) is 22.8. The number of hydrogen-bond acceptors (Lipinski definition) is 4. The Balaban J connectivity index is 1.63. The van der Waals surface area contributed by atoms with Gasteiger partial charge in [0, 0.05) is 42.0 Å². The van der Waals surface area contributed by atoms with Crippen LogP contribution in [0.3, 0.4) is 0 Å². The van der Waals surface area contributed by atoms with Crippen LogP contribution in [-0.2, 0) is 18.3 Å². The first kappa shape index (κ1) is 21.4. The lowest BCUT2D eigenvalue weighted by atomic mass is 10.1. The Kier molecular flexibility index (Phi) is 5.81. The number of rotatable bonds is 6. The van der Waals surface area contributed by atoms with Crippen molar-refractivity contribution in [2.45, 2.75) is 26.7 Å². The highest BCUT2D eigenvalue weighted by Gasteiger charge is 2.18. The molecule has 32 heavy (non-hydrogen) atoms. The number of amides is 1. The first-order valence-corrected chi connectivity index (χ1v) is 10.5. The first-order chi connectivity index (χ1) is 15.4. The highest BCUT2D eigenvalue weighted by atomic mass is 16.5. The molecule has 0 aliphatic rings. The molecule has 4 aromatic rings. The normalized spacial score (nSPS) is 11.0. The summed E-state index contributed by atoms with van der Waals surface area (Å²) in [6.45, 7) is 3.89. The Bertz CT molecular complexity index is 1350. The lowest BCUT2D eigenvalue weighted by molar-refractivity contribution is -0.116. The monoisotopic (exact) mass is 430 g/mol. The van der Waals surface area contributed by atoms with Crippen LogP contribution in [0.4, 0.5) is 5.69 Å². The molecule has 1 N–H and O–H groups in total. The second-order valence-electron chi connectivity index (χ2n) is 7.84. The van der Waals surface area contributed by atoms with Crippen molar-refractivity contribution in [1.82, 2.24) is 14.2 Å². The Labute approximate surface area is 186 Å². The summed E-state index contributed by atoms with van der Waals surface area (Å²) < 4.78 is 8.78. The fourth-order valence-corrected chi connectivity index (χ4v) is 3.79. The number of aryl methyl sites for hydroxylation is 2. The van der Waals surface area contributed by atoms with E-state index < -0.39 is 0 Å². The van der Waals surface area contributed by atoms with Gasteiger partial charge in [-0.05, 0) is 44.5 Å². The third-order valence-electron chi connectivity index (χ3n) is 5.74. The van der Waals surface area contributed by atoms with E-state index in [0.717, 1.165) is 22.5 Å². The number of ether oxygens (including phenoxy) is 1. The molecule has 2 heterocycles. The summed E-state index contributed by atoms with van der Waals surface area (Å²) in [6.07, 6.45) is 0.534. The number of fused-ring (bicyclic) bond motifs is 1. The van der Waals surface area contributed by atoms with Crippen LogP contribution in [0.25, 0.3) is 16.9 Å². The number of para-hydroxylation sites is 1. The summed E-state index contributed by atoms with van der Waals surface area (Å²) in [5.41, 5.74) is 5.21. The predicted molar refractivity (Wildman–Crippen MR) is 125 cm³/mol. The number of benzene rings is 2. The fourth-order valence-electron chi connectivity index (χ4n) is 3.79. The molecule has 7 heteroatoms. The molecule has 0 saturated heterocycles. The van der Waals surface area contributed by atoms with Gasteiger partial charge in [-0.3, -0.25) is 9.59 Å². The van der Waals surface area contributed by atoms with Crippen LogP contribution in [-0.4, -0.2) is 27.2 Å². The number of methoxy groups -OCH3 is 1. The molecule has 0 fully saturated rings. The lowest BCUT2D eigenvalue weighted by Gasteiger charge is -2.12. The maximum absolute atomic E-state index is 13.2. The van der Waals surface area contributed by atoms with E-state index in [1.54, 1.807) is 7.11 Å². The maximum Gasteiger partial charge on any atom is 0.277 e. The van der Waals surface area contributed by atoms with Crippen LogP contribution in [0.5, 0.6) is 5.75 Å². The maximum atomic E-state index is 13.2. The number of carbonyl (C=O) groups is 1. The standard InChI is InChI=1S/C25H26N4O3/c1-16-9-11-18(12-10-16)26-23(30)14-13-19-17(2)28(3)24-15-21(27-29(24)25(19)31)20-7-5-6-8-22(20)32-4/h5-12,15H,13-14H2,1-4H3,(H,26,30). The molecule has 0 aliphatic heterocycles. The Morgan fingerprint density at radius 2 is 1.81 bits per heavy atom. The average molecular weight is 431 g/mol. The SMILES string of the molecule is COc1ccccc1-c1cc2n(C)c(C)c(CCC(=O)Nc3ccc(C)cc3)c(=O)n2n1. The minimum Gasteiger partial charge on any atom is -0.496 e. The Morgan fingerprint density at radius 1 is 1.09 bits per heavy atom. The molecule has 4 rings (SSSR count). The fraction of sp³-hybridized carbons (Fsp3) is 0.240. The van der Waals surface area contributed by atoms with E-state index in [9.17, 15) is 9.59 Å². The summed E-state index contributed by atoms with van der Waals surface area (Å²) in [4.78, 5) is 25.7. The second kappa shape index (κ2) is 8.70. The van der Waals surface area contributed by atoms with Gasteiger partial charge in [0.1, 0.15) is 11.4 Å². The van der Waals surface area contributed by atoms with Crippen LogP contribution in [0.15, 0.2) is 59.4 Å². The van der Waals surface area contributed by atoms with Gasteiger partial charge in [-0.15, -0.1) is 0 Å². The quantitative estimate of drug-likeness (QED) is 0.503. The molecule has 0 bridgehead atoms. The topological polar surface area (TPSA) is 77.6 Å². The van der Waals surface area contributed by atoms with Gasteiger partial charge in [0.15, 0.2) is 0 Å². The van der Waals surface area contributed by atoms with Crippen molar-refractivity contribution >= 4 is 17.2 Å². The lowest BCUT2D eigenvalue weighted by Crippen LogP contribution is -2.26. The first-order valence-electron chi connectivity index (χ1n) is 10.5. The molecule has 2 aromatic heterocycles. The summed E-state index contributed by atoms with van der Waals surface area (Å²) in [5, 5.41) is 7.44. The molecule has 1 amide bonds. The van der Waals surface area contributed by atoms with Crippen molar-refractivity contribution in [3.8, 4) is 17.0 Å². The van der Waals surface area contributed by atoms with Crippen molar-refractivity contribution in [1.29, 1.82) is 0 Å². The van der Waals surface area contributed by atoms with Crippen LogP contribution in [0, 0.1) is 13.8 Å². The predicted octanol–water partition coefficient (Wildman–Crippen LogP) is 3.90. The van der Waals surface area contributed by atoms with Gasteiger partial charge >= 0.3 is 0 Å². The van der Waals surface area contributed by atoms with Crippen molar-refractivity contribution in [2.24, 2.45) is 7.05 Å². The number of anilines is 1. The van der Waals surface area contributed by atoms with Gasteiger partial charge in [-0.1, -0.05) is 29.8 Å². The number of hydrogen-bond donors (Lipinski definition) is 1. The Hall–Kier alpha value is -3.87. The van der Waals surface area contributed by atoms with E-state index in [1.165, 1.54) is 4.52 Å². The van der Waals surface area contributed by atoms with Crippen molar-refractivity contribution < 1.29 is 9.53 Å². The molecule has 0 saturated carbocycles. The van der Waals surface area contributed by atoms with Crippen molar-refractivity contribution in [2.75, 3.05) is 12.4 Å². The van der Waals surface area contributed by atoms with Crippen LogP contribution in [0.1, 0.15) is 23.2 Å². The smallest absolute Gasteiger partial charge is 0.277 e. The van der Waals surface area contributed by atoms with E-state index in [2.05, 4.69) is 10.4 Å². The zero-order valence-corrected chi connectivity index (χ0v) is 18.7. The average Bonchev–Trinajstić information content (AvgIpc) is 3.25. The van der Waals surface area contributed by atoms with E-state index in [0.29, 0.717) is 29.1 Å². The van der Waals surface area contributed by atoms with E-state index in [4.69, 9.17) is 4.74 Å². The molecule has 164 valence electrons. The van der Waals surface area contributed by atoms with Crippen LogP contribution >= 0.6 is 0 Å². The van der Waals surface area contributed by atoms with Gasteiger partial charge < -0.3 is 14.6 Å². The molecule has 7 nitrogen and oxygen atoms in total. The molecular formula is C25H26N4O3. The molecule has 2 aromatic carbocycles. The Morgan fingerprint density at radius 3 is 2.53 bits per heavy atom. The van der Waals surface area contributed by atoms with E-state index in [1.807, 2.05) is 80.1 Å². The van der Waals surface area contributed by atoms with Gasteiger partial charge in [0.25, 0.3) is 5.56 Å². The number of nitrogens with zero attached hydrogens (tertiary/aromatic N) is 3. The van der Waals surface area contributed by atoms with Crippen molar-refractivity contribution in [3.05, 3.63) is 81.8 Å². The molecule has 0 spiro atoms. The van der Waals surface area contributed by atoms with Gasteiger partial charge in [-0.25, -0.2) is 0 Å². The third-order valence-corrected chi connectivity index (χ3v) is 5.74. The third kappa shape index (κ3) is 4.01. The van der Waals surface area contributed by atoms with E-state index >= 15 is 0 Å². The van der Waals surface area contributed by atoms with Crippen LogP contribution < -0.4 is 15.6 Å². The summed E-state index contributed by atoms with van der Waals surface area (Å²) in [7, 11) is 3.51. The van der Waals surface area contributed by atoms with Crippen LogP contribution in [0.2, 0.25) is 0 Å². The highest BCUT2D eigenvalue weighted by Crippen LogP contribution is 2.29. The number of carbonyl (C=O) groups excluding carboxylic acids is 1. The van der Waals surface area contributed by atoms with Gasteiger partial charge in [-0.2, -0.15) is 9.61 Å². The van der Waals surface area contributed by atoms with Crippen molar-refractivity contribution in [3.63, 3.8) is 0 Å². The van der Waals surface area contributed by atoms with Gasteiger partial charge in [0.05, 0.1) is 12.8 Å². The molecule has 0 aliphatic carbocycles. The molecule has 0 radical (unpaired) electrons. The number of nitrogens with one attached hydrogen (secondary N) is 1. The minimum absolute atomic E-state index is 0.134. The summed E-state index contributed by atoms with van der Waals surface area (Å²) in [5.74, 6) is 0.557. The highest BCUT2D eigenvalue weighted by molar-refractivity contribution is 5.90. The summed E-state index contributed by atoms with van der Waals surface area (Å²) in [6, 6.07) is 17.1. The second-order valence-corrected chi connectivity index (χ2v) is 7.84. The number of aromatic nitrogens is 3. The minimum atomic E-state index is -0.208. The largest absolute Gasteiger partial charge is 0.496 e. The zero-order valence-electron chi connectivity index (χ0n) is 18.7. The molecular weight excluding hydrogens is 404 g/mol. The summed E-state index contributed by atoms with van der Waals surface area (Å²) >= 11 is 0.